The quantitative estimate of drug-likeness (QED) is 0.678. The van der Waals surface area contributed by atoms with Crippen molar-refractivity contribution in [3.05, 3.63) is 60.0 Å². The molecule has 11 heteroatoms. The third-order valence-corrected chi connectivity index (χ3v) is 3.37. The molecule has 2 heterocycles. The van der Waals surface area contributed by atoms with Crippen molar-refractivity contribution in [3.63, 3.8) is 0 Å². The second-order valence-corrected chi connectivity index (χ2v) is 5.23. The molecule has 8 nitrogen and oxygen atoms in total. The van der Waals surface area contributed by atoms with E-state index in [9.17, 15) is 22.8 Å². The topological polar surface area (TPSA) is 111 Å². The number of ketones is 1. The van der Waals surface area contributed by atoms with Crippen LogP contribution in [0.25, 0.3) is 11.4 Å². The molecule has 0 fully saturated rings. The van der Waals surface area contributed by atoms with Gasteiger partial charge >= 0.3 is 12.1 Å². The van der Waals surface area contributed by atoms with E-state index in [2.05, 4.69) is 29.9 Å². The highest BCUT2D eigenvalue weighted by atomic mass is 19.4. The summed E-state index contributed by atoms with van der Waals surface area (Å²) in [5.41, 5.74) is 0.706. The first-order valence-corrected chi connectivity index (χ1v) is 7.42. The lowest BCUT2D eigenvalue weighted by molar-refractivity contribution is -0.159. The number of Topliss-reactive ketones (excluding diaryl/α,β-unsaturated/α-hetero) is 1. The van der Waals surface area contributed by atoms with E-state index in [0.717, 1.165) is 0 Å². The minimum Gasteiger partial charge on any atom is -0.344 e. The van der Waals surface area contributed by atoms with E-state index >= 15 is 0 Å². The van der Waals surface area contributed by atoms with E-state index in [0.29, 0.717) is 0 Å². The summed E-state index contributed by atoms with van der Waals surface area (Å²) in [7, 11) is 0. The number of halogens is 3. The van der Waals surface area contributed by atoms with Gasteiger partial charge in [0.2, 0.25) is 5.82 Å². The van der Waals surface area contributed by atoms with E-state index in [-0.39, 0.29) is 29.1 Å². The molecule has 0 bridgehead atoms. The minimum absolute atomic E-state index is 0.207. The Morgan fingerprint density at radius 3 is 2.30 bits per heavy atom. The number of hydrogen-bond acceptors (Lipinski definition) is 7. The van der Waals surface area contributed by atoms with Crippen molar-refractivity contribution >= 4 is 11.7 Å². The number of amides is 1. The molecule has 0 unspecified atom stereocenters. The summed E-state index contributed by atoms with van der Waals surface area (Å²) >= 11 is 0. The lowest BCUT2D eigenvalue weighted by Gasteiger charge is -2.04. The van der Waals surface area contributed by atoms with Crippen LogP contribution in [0.4, 0.5) is 13.2 Å². The zero-order chi connectivity index (χ0) is 19.4. The normalized spacial score (nSPS) is 11.2. The zero-order valence-electron chi connectivity index (χ0n) is 13.4. The molecule has 0 aliphatic rings. The summed E-state index contributed by atoms with van der Waals surface area (Å²) in [5, 5.41) is 5.69. The Morgan fingerprint density at radius 1 is 1.04 bits per heavy atom. The largest absolute Gasteiger partial charge is 0.471 e. The lowest BCUT2D eigenvalue weighted by Crippen LogP contribution is -2.29. The van der Waals surface area contributed by atoms with Gasteiger partial charge in [-0.15, -0.1) is 0 Å². The van der Waals surface area contributed by atoms with Gasteiger partial charge in [-0.05, 0) is 0 Å². The predicted molar refractivity (Wildman–Crippen MR) is 83.4 cm³/mol. The molecule has 2 aromatic heterocycles. The molecule has 0 saturated carbocycles. The van der Waals surface area contributed by atoms with E-state index in [1.807, 2.05) is 0 Å². The van der Waals surface area contributed by atoms with Gasteiger partial charge < -0.3 is 9.84 Å². The first kappa shape index (κ1) is 18.2. The highest BCUT2D eigenvalue weighted by molar-refractivity contribution is 6.02. The molecule has 1 N–H and O–H groups in total. The Hall–Kier alpha value is -3.63. The van der Waals surface area contributed by atoms with Crippen LogP contribution in [0.1, 0.15) is 26.6 Å². The van der Waals surface area contributed by atoms with Crippen LogP contribution in [0.2, 0.25) is 0 Å². The summed E-state index contributed by atoms with van der Waals surface area (Å²) in [6.45, 7) is -0.270. The van der Waals surface area contributed by atoms with Crippen LogP contribution in [0, 0.1) is 0 Å². The number of nitrogens with one attached hydrogen (secondary N) is 1. The maximum Gasteiger partial charge on any atom is 0.471 e. The number of carbonyl (C=O) groups excluding carboxylic acids is 2. The van der Waals surface area contributed by atoms with Gasteiger partial charge in [-0.1, -0.05) is 29.4 Å². The van der Waals surface area contributed by atoms with Crippen LogP contribution < -0.4 is 5.32 Å². The number of hydrogen-bond donors (Lipinski definition) is 1. The molecule has 0 spiro atoms. The molecule has 138 valence electrons. The first-order chi connectivity index (χ1) is 12.8. The number of benzene rings is 1. The third kappa shape index (κ3) is 4.32. The van der Waals surface area contributed by atoms with Crippen LogP contribution in [0.5, 0.6) is 0 Å². The van der Waals surface area contributed by atoms with Gasteiger partial charge in [-0.2, -0.15) is 18.2 Å². The molecular weight excluding hydrogens is 367 g/mol. The molecule has 0 saturated heterocycles. The fourth-order valence-electron chi connectivity index (χ4n) is 2.04. The summed E-state index contributed by atoms with van der Waals surface area (Å²) in [4.78, 5) is 34.6. The molecular formula is C16H10F3N5O3. The fourth-order valence-corrected chi connectivity index (χ4v) is 2.04. The maximum absolute atomic E-state index is 12.5. The van der Waals surface area contributed by atoms with Crippen LogP contribution >= 0.6 is 0 Å². The Morgan fingerprint density at radius 2 is 1.70 bits per heavy atom. The van der Waals surface area contributed by atoms with Gasteiger partial charge in [0.1, 0.15) is 6.33 Å². The number of nitrogens with zero attached hydrogens (tertiary/aromatic N) is 4. The molecule has 3 aromatic rings. The Balaban J connectivity index is 1.64. The molecule has 3 rings (SSSR count). The average molecular weight is 377 g/mol. The lowest BCUT2D eigenvalue weighted by atomic mass is 10.1. The predicted octanol–water partition coefficient (Wildman–Crippen LogP) is 2.16. The van der Waals surface area contributed by atoms with Crippen LogP contribution in [-0.2, 0) is 6.18 Å². The standard InChI is InChI=1S/C16H10F3N5O3/c17-16(18,19)15-23-13(24-27-15)10-3-1-9(2-4-10)12(25)7-22-14(26)11-5-20-8-21-6-11/h1-6,8H,7H2,(H,22,26). The molecule has 1 amide bonds. The monoisotopic (exact) mass is 377 g/mol. The SMILES string of the molecule is O=C(CNC(=O)c1cncnc1)c1ccc(-c2noc(C(F)(F)F)n2)cc1. The summed E-state index contributed by atoms with van der Waals surface area (Å²) < 4.78 is 41.6. The number of aromatic nitrogens is 4. The van der Waals surface area contributed by atoms with Crippen molar-refractivity contribution in [1.29, 1.82) is 0 Å². The summed E-state index contributed by atoms with van der Waals surface area (Å²) in [6, 6.07) is 5.54. The molecule has 0 radical (unpaired) electrons. The van der Waals surface area contributed by atoms with E-state index in [1.54, 1.807) is 0 Å². The Kier molecular flexibility index (Phi) is 4.92. The molecule has 27 heavy (non-hydrogen) atoms. The number of carbonyl (C=O) groups is 2. The molecule has 0 aliphatic heterocycles. The van der Waals surface area contributed by atoms with Gasteiger partial charge in [0.25, 0.3) is 5.91 Å². The van der Waals surface area contributed by atoms with Gasteiger partial charge in [0.05, 0.1) is 12.1 Å². The van der Waals surface area contributed by atoms with Gasteiger partial charge in [0.15, 0.2) is 5.78 Å². The van der Waals surface area contributed by atoms with Crippen molar-refractivity contribution in [2.24, 2.45) is 0 Å². The smallest absolute Gasteiger partial charge is 0.344 e. The highest BCUT2D eigenvalue weighted by Crippen LogP contribution is 2.29. The van der Waals surface area contributed by atoms with Crippen LogP contribution in [0.3, 0.4) is 0 Å². The summed E-state index contributed by atoms with van der Waals surface area (Å²) in [5.74, 6) is -2.60. The van der Waals surface area contributed by atoms with Gasteiger partial charge in [0, 0.05) is 23.5 Å². The third-order valence-electron chi connectivity index (χ3n) is 3.37. The second-order valence-electron chi connectivity index (χ2n) is 5.23. The highest BCUT2D eigenvalue weighted by Gasteiger charge is 2.38. The van der Waals surface area contributed by atoms with E-state index in [1.165, 1.54) is 43.0 Å². The van der Waals surface area contributed by atoms with Crippen molar-refractivity contribution in [2.75, 3.05) is 6.54 Å². The van der Waals surface area contributed by atoms with Crippen molar-refractivity contribution in [2.45, 2.75) is 6.18 Å². The Bertz CT molecular complexity index is 955. The first-order valence-electron chi connectivity index (χ1n) is 7.42. The molecule has 0 atom stereocenters. The van der Waals surface area contributed by atoms with E-state index in [4.69, 9.17) is 0 Å². The fraction of sp³-hybridized carbons (Fsp3) is 0.125. The maximum atomic E-state index is 12.5. The van der Waals surface area contributed by atoms with Crippen molar-refractivity contribution in [3.8, 4) is 11.4 Å². The van der Waals surface area contributed by atoms with Gasteiger partial charge in [-0.25, -0.2) is 9.97 Å². The van der Waals surface area contributed by atoms with Gasteiger partial charge in [-0.3, -0.25) is 9.59 Å². The zero-order valence-corrected chi connectivity index (χ0v) is 13.4. The summed E-state index contributed by atoms with van der Waals surface area (Å²) in [6.07, 6.45) is -0.850. The minimum atomic E-state index is -4.73. The Labute approximate surface area is 149 Å². The molecule has 0 aliphatic carbocycles. The van der Waals surface area contributed by atoms with Crippen molar-refractivity contribution in [1.82, 2.24) is 25.4 Å². The number of rotatable bonds is 5. The molecule has 1 aromatic carbocycles. The van der Waals surface area contributed by atoms with Crippen LogP contribution in [0.15, 0.2) is 47.5 Å². The number of alkyl halides is 3. The van der Waals surface area contributed by atoms with Crippen molar-refractivity contribution < 1.29 is 27.3 Å². The van der Waals surface area contributed by atoms with E-state index < -0.39 is 23.8 Å². The average Bonchev–Trinajstić information content (AvgIpc) is 3.17. The van der Waals surface area contributed by atoms with Crippen LogP contribution in [-0.4, -0.2) is 38.3 Å². The second kappa shape index (κ2) is 7.32.